The topological polar surface area (TPSA) is 127 Å². The summed E-state index contributed by atoms with van der Waals surface area (Å²) in [7, 11) is 0. The van der Waals surface area contributed by atoms with Crippen LogP contribution in [0.4, 0.5) is 0 Å². The van der Waals surface area contributed by atoms with Crippen LogP contribution in [0.1, 0.15) is 31.9 Å². The van der Waals surface area contributed by atoms with Gasteiger partial charge in [-0.25, -0.2) is 0 Å². The van der Waals surface area contributed by atoms with Gasteiger partial charge in [-0.3, -0.25) is 14.4 Å². The zero-order chi connectivity index (χ0) is 17.6. The van der Waals surface area contributed by atoms with Crippen LogP contribution in [0.5, 0.6) is 0 Å². The van der Waals surface area contributed by atoms with Gasteiger partial charge in [-0.15, -0.1) is 0 Å². The highest BCUT2D eigenvalue weighted by molar-refractivity contribution is 5.93. The third-order valence-electron chi connectivity index (χ3n) is 3.44. The molecule has 0 aliphatic heterocycles. The van der Waals surface area contributed by atoms with Crippen molar-refractivity contribution in [2.75, 3.05) is 0 Å². The molecular formula is C16H24N4O3. The maximum absolute atomic E-state index is 12.4. The molecule has 0 radical (unpaired) electrons. The number of primary amides is 1. The summed E-state index contributed by atoms with van der Waals surface area (Å²) in [5, 5.41) is 5.15. The summed E-state index contributed by atoms with van der Waals surface area (Å²) < 4.78 is 0. The van der Waals surface area contributed by atoms with Crippen molar-refractivity contribution in [1.82, 2.24) is 10.6 Å². The Kier molecular flexibility index (Phi) is 6.27. The summed E-state index contributed by atoms with van der Waals surface area (Å²) in [6.45, 7) is 4.78. The van der Waals surface area contributed by atoms with Crippen LogP contribution in [-0.4, -0.2) is 29.3 Å². The molecule has 126 valence electrons. The van der Waals surface area contributed by atoms with Crippen LogP contribution in [0.25, 0.3) is 0 Å². The number of amides is 3. The molecule has 0 bridgehead atoms. The van der Waals surface area contributed by atoms with E-state index in [0.717, 1.165) is 11.1 Å². The summed E-state index contributed by atoms with van der Waals surface area (Å²) in [5.41, 5.74) is 11.4. The molecule has 7 nitrogen and oxygen atoms in total. The van der Waals surface area contributed by atoms with Gasteiger partial charge in [0.05, 0.1) is 0 Å². The van der Waals surface area contributed by atoms with E-state index in [1.165, 1.54) is 20.8 Å². The van der Waals surface area contributed by atoms with Crippen molar-refractivity contribution in [2.24, 2.45) is 11.5 Å². The molecule has 0 saturated carbocycles. The predicted octanol–water partition coefficient (Wildman–Crippen LogP) is -0.427. The van der Waals surface area contributed by atoms with Gasteiger partial charge in [0.15, 0.2) is 0 Å². The van der Waals surface area contributed by atoms with E-state index in [-0.39, 0.29) is 5.91 Å². The first-order valence-corrected chi connectivity index (χ1v) is 7.32. The molecule has 7 heteroatoms. The van der Waals surface area contributed by atoms with E-state index in [1.54, 1.807) is 0 Å². The van der Waals surface area contributed by atoms with Crippen LogP contribution in [0.15, 0.2) is 24.3 Å². The highest BCUT2D eigenvalue weighted by atomic mass is 16.2. The van der Waals surface area contributed by atoms with Crippen molar-refractivity contribution < 1.29 is 14.4 Å². The molecule has 0 saturated heterocycles. The molecule has 0 fully saturated rings. The maximum Gasteiger partial charge on any atom is 0.243 e. The first-order valence-electron chi connectivity index (χ1n) is 7.32. The van der Waals surface area contributed by atoms with Crippen molar-refractivity contribution in [2.45, 2.75) is 45.3 Å². The van der Waals surface area contributed by atoms with E-state index in [9.17, 15) is 14.4 Å². The van der Waals surface area contributed by atoms with Gasteiger partial charge in [0.1, 0.15) is 11.6 Å². The maximum atomic E-state index is 12.4. The van der Waals surface area contributed by atoms with E-state index in [1.807, 2.05) is 24.3 Å². The van der Waals surface area contributed by atoms with E-state index < -0.39 is 23.4 Å². The molecule has 0 spiro atoms. The van der Waals surface area contributed by atoms with Crippen molar-refractivity contribution in [3.63, 3.8) is 0 Å². The van der Waals surface area contributed by atoms with E-state index in [4.69, 9.17) is 11.5 Å². The molecule has 1 rings (SSSR count). The van der Waals surface area contributed by atoms with E-state index >= 15 is 0 Å². The van der Waals surface area contributed by atoms with Crippen LogP contribution >= 0.6 is 0 Å². The van der Waals surface area contributed by atoms with Crippen molar-refractivity contribution >= 4 is 17.7 Å². The van der Waals surface area contributed by atoms with Crippen molar-refractivity contribution in [3.05, 3.63) is 35.4 Å². The number of hydrogen-bond donors (Lipinski definition) is 4. The number of hydrogen-bond acceptors (Lipinski definition) is 4. The number of carbonyl (C=O) groups excluding carboxylic acids is 3. The lowest BCUT2D eigenvalue weighted by Crippen LogP contribution is -2.58. The molecule has 1 aromatic carbocycles. The summed E-state index contributed by atoms with van der Waals surface area (Å²) in [5.74, 6) is -1.45. The molecule has 0 aliphatic carbocycles. The lowest BCUT2D eigenvalue weighted by Gasteiger charge is -2.26. The fourth-order valence-electron chi connectivity index (χ4n) is 1.96. The standard InChI is InChI=1S/C16H24N4O3/c1-10(21)19-13(14(22)20-16(2,3)15(18)23)8-11-4-6-12(9-17)7-5-11/h4-7,13H,8-9,17H2,1-3H3,(H2,18,23)(H,19,21)(H,20,22). The minimum atomic E-state index is -1.20. The Morgan fingerprint density at radius 3 is 2.09 bits per heavy atom. The lowest BCUT2D eigenvalue weighted by atomic mass is 10.0. The van der Waals surface area contributed by atoms with Gasteiger partial charge in [0, 0.05) is 19.9 Å². The quantitative estimate of drug-likeness (QED) is 0.543. The molecule has 1 aromatic rings. The van der Waals surface area contributed by atoms with Crippen molar-refractivity contribution in [3.8, 4) is 0 Å². The molecule has 0 heterocycles. The van der Waals surface area contributed by atoms with Crippen LogP contribution in [0.3, 0.4) is 0 Å². The molecule has 0 aliphatic rings. The Bertz CT molecular complexity index is 581. The highest BCUT2D eigenvalue weighted by Crippen LogP contribution is 2.09. The fourth-order valence-corrected chi connectivity index (χ4v) is 1.96. The van der Waals surface area contributed by atoms with Crippen molar-refractivity contribution in [1.29, 1.82) is 0 Å². The fraction of sp³-hybridized carbons (Fsp3) is 0.438. The third-order valence-corrected chi connectivity index (χ3v) is 3.44. The van der Waals surface area contributed by atoms with E-state index in [2.05, 4.69) is 10.6 Å². The molecule has 6 N–H and O–H groups in total. The Labute approximate surface area is 135 Å². The van der Waals surface area contributed by atoms with Crippen LogP contribution in [0, 0.1) is 0 Å². The highest BCUT2D eigenvalue weighted by Gasteiger charge is 2.30. The van der Waals surface area contributed by atoms with Gasteiger partial charge < -0.3 is 22.1 Å². The molecule has 23 heavy (non-hydrogen) atoms. The van der Waals surface area contributed by atoms with Gasteiger partial charge >= 0.3 is 0 Å². The van der Waals surface area contributed by atoms with Crippen LogP contribution < -0.4 is 22.1 Å². The Hall–Kier alpha value is -2.41. The molecule has 1 atom stereocenters. The summed E-state index contributed by atoms with van der Waals surface area (Å²) in [4.78, 5) is 35.1. The Morgan fingerprint density at radius 1 is 1.13 bits per heavy atom. The zero-order valence-electron chi connectivity index (χ0n) is 13.7. The largest absolute Gasteiger partial charge is 0.368 e. The number of benzene rings is 1. The summed E-state index contributed by atoms with van der Waals surface area (Å²) in [6, 6.07) is 6.64. The third kappa shape index (κ3) is 5.71. The smallest absolute Gasteiger partial charge is 0.243 e. The SMILES string of the molecule is CC(=O)NC(Cc1ccc(CN)cc1)C(=O)NC(C)(C)C(N)=O. The van der Waals surface area contributed by atoms with Gasteiger partial charge in [0.25, 0.3) is 0 Å². The number of rotatable bonds is 7. The minimum Gasteiger partial charge on any atom is -0.368 e. The molecular weight excluding hydrogens is 296 g/mol. The van der Waals surface area contributed by atoms with Gasteiger partial charge in [-0.1, -0.05) is 24.3 Å². The first kappa shape index (κ1) is 18.6. The summed E-state index contributed by atoms with van der Waals surface area (Å²) in [6.07, 6.45) is 0.297. The second kappa shape index (κ2) is 7.73. The second-order valence-electron chi connectivity index (χ2n) is 5.96. The zero-order valence-corrected chi connectivity index (χ0v) is 13.7. The lowest BCUT2D eigenvalue weighted by molar-refractivity contribution is -0.133. The molecule has 1 unspecified atom stereocenters. The van der Waals surface area contributed by atoms with Gasteiger partial charge in [0.2, 0.25) is 17.7 Å². The summed E-state index contributed by atoms with van der Waals surface area (Å²) >= 11 is 0. The van der Waals surface area contributed by atoms with Gasteiger partial charge in [-0.05, 0) is 25.0 Å². The number of carbonyl (C=O) groups is 3. The van der Waals surface area contributed by atoms with Crippen LogP contribution in [-0.2, 0) is 27.3 Å². The first-order chi connectivity index (χ1) is 10.7. The number of nitrogens with one attached hydrogen (secondary N) is 2. The monoisotopic (exact) mass is 320 g/mol. The average molecular weight is 320 g/mol. The Balaban J connectivity index is 2.88. The van der Waals surface area contributed by atoms with Crippen LogP contribution in [0.2, 0.25) is 0 Å². The number of nitrogens with two attached hydrogens (primary N) is 2. The predicted molar refractivity (Wildman–Crippen MR) is 87.1 cm³/mol. The molecule has 3 amide bonds. The minimum absolute atomic E-state index is 0.297. The Morgan fingerprint density at radius 2 is 1.65 bits per heavy atom. The van der Waals surface area contributed by atoms with E-state index in [0.29, 0.717) is 13.0 Å². The average Bonchev–Trinajstić information content (AvgIpc) is 2.46. The normalized spacial score (nSPS) is 12.3. The van der Waals surface area contributed by atoms with Gasteiger partial charge in [-0.2, -0.15) is 0 Å². The molecule has 0 aromatic heterocycles. The second-order valence-corrected chi connectivity index (χ2v) is 5.96.